The van der Waals surface area contributed by atoms with Crippen LogP contribution in [-0.4, -0.2) is 25.5 Å². The summed E-state index contributed by atoms with van der Waals surface area (Å²) in [5.74, 6) is -0.177. The second-order valence-electron chi connectivity index (χ2n) is 5.23. The lowest BCUT2D eigenvalue weighted by atomic mass is 10.3. The van der Waals surface area contributed by atoms with E-state index in [9.17, 15) is 4.79 Å². The van der Waals surface area contributed by atoms with Crippen LogP contribution in [0.5, 0.6) is 0 Å². The number of hydrogen-bond acceptors (Lipinski definition) is 3. The predicted molar refractivity (Wildman–Crippen MR) is 87.7 cm³/mol. The van der Waals surface area contributed by atoms with Crippen LogP contribution in [0.25, 0.3) is 5.69 Å². The number of nitrogens with one attached hydrogen (secondary N) is 1. The van der Waals surface area contributed by atoms with Crippen molar-refractivity contribution < 1.29 is 4.79 Å². The third kappa shape index (κ3) is 3.43. The highest BCUT2D eigenvalue weighted by molar-refractivity contribution is 6.30. The van der Waals surface area contributed by atoms with E-state index in [-0.39, 0.29) is 5.91 Å². The molecule has 1 aromatic carbocycles. The second kappa shape index (κ2) is 6.26. The zero-order valence-corrected chi connectivity index (χ0v) is 13.6. The largest absolute Gasteiger partial charge is 0.346 e. The van der Waals surface area contributed by atoms with Crippen molar-refractivity contribution in [2.24, 2.45) is 7.05 Å². The number of carbonyl (C=O) groups excluding carboxylic acids is 1. The fourth-order valence-electron chi connectivity index (χ4n) is 2.28. The first-order valence-corrected chi connectivity index (χ1v) is 7.49. The van der Waals surface area contributed by atoms with E-state index in [0.717, 1.165) is 17.1 Å². The summed E-state index contributed by atoms with van der Waals surface area (Å²) >= 11 is 5.87. The third-order valence-corrected chi connectivity index (χ3v) is 3.72. The summed E-state index contributed by atoms with van der Waals surface area (Å²) in [4.78, 5) is 12.2. The number of aromatic nitrogens is 4. The molecule has 3 rings (SSSR count). The molecule has 0 bridgehead atoms. The highest BCUT2D eigenvalue weighted by Crippen LogP contribution is 2.13. The van der Waals surface area contributed by atoms with Crippen molar-refractivity contribution in [3.05, 3.63) is 64.7 Å². The van der Waals surface area contributed by atoms with E-state index < -0.39 is 0 Å². The van der Waals surface area contributed by atoms with Gasteiger partial charge in [-0.25, -0.2) is 4.68 Å². The number of benzene rings is 1. The minimum Gasteiger partial charge on any atom is -0.346 e. The van der Waals surface area contributed by atoms with Crippen LogP contribution in [0.3, 0.4) is 0 Å². The molecule has 2 heterocycles. The fraction of sp³-hybridized carbons (Fsp3) is 0.188. The molecule has 23 heavy (non-hydrogen) atoms. The number of hydrogen-bond donors (Lipinski definition) is 1. The minimum atomic E-state index is -0.177. The zero-order valence-electron chi connectivity index (χ0n) is 12.8. The molecule has 1 amide bonds. The van der Waals surface area contributed by atoms with Crippen molar-refractivity contribution >= 4 is 17.5 Å². The van der Waals surface area contributed by atoms with Gasteiger partial charge in [0.15, 0.2) is 0 Å². The van der Waals surface area contributed by atoms with E-state index in [1.807, 2.05) is 32.2 Å². The van der Waals surface area contributed by atoms with Gasteiger partial charge in [0.1, 0.15) is 0 Å². The molecule has 0 aliphatic carbocycles. The molecule has 0 saturated heterocycles. The lowest BCUT2D eigenvalue weighted by molar-refractivity contribution is 0.0950. The fourth-order valence-corrected chi connectivity index (χ4v) is 2.40. The Balaban J connectivity index is 1.69. The van der Waals surface area contributed by atoms with E-state index in [4.69, 9.17) is 11.6 Å². The van der Waals surface area contributed by atoms with Gasteiger partial charge in [0.05, 0.1) is 35.4 Å². The van der Waals surface area contributed by atoms with Crippen LogP contribution >= 0.6 is 11.6 Å². The summed E-state index contributed by atoms with van der Waals surface area (Å²) in [5.41, 5.74) is 3.21. The highest BCUT2D eigenvalue weighted by Gasteiger charge is 2.10. The van der Waals surface area contributed by atoms with E-state index in [1.54, 1.807) is 33.9 Å². The third-order valence-electron chi connectivity index (χ3n) is 3.46. The molecule has 0 spiro atoms. The molecule has 0 unspecified atom stereocenters. The molecule has 1 N–H and O–H groups in total. The number of carbonyl (C=O) groups is 1. The van der Waals surface area contributed by atoms with Crippen LogP contribution in [-0.2, 0) is 13.6 Å². The molecule has 0 atom stereocenters. The van der Waals surface area contributed by atoms with Gasteiger partial charge < -0.3 is 5.32 Å². The maximum Gasteiger partial charge on any atom is 0.254 e. The first-order valence-electron chi connectivity index (χ1n) is 7.11. The van der Waals surface area contributed by atoms with Gasteiger partial charge in [-0.2, -0.15) is 10.2 Å². The average molecular weight is 330 g/mol. The maximum absolute atomic E-state index is 12.2. The zero-order chi connectivity index (χ0) is 16.4. The monoisotopic (exact) mass is 329 g/mol. The summed E-state index contributed by atoms with van der Waals surface area (Å²) in [5, 5.41) is 12.0. The number of amides is 1. The van der Waals surface area contributed by atoms with Crippen LogP contribution < -0.4 is 5.32 Å². The first kappa shape index (κ1) is 15.3. The van der Waals surface area contributed by atoms with Crippen molar-refractivity contribution in [2.45, 2.75) is 13.5 Å². The molecular formula is C16H16ClN5O. The summed E-state index contributed by atoms with van der Waals surface area (Å²) in [7, 11) is 1.85. The lowest BCUT2D eigenvalue weighted by Gasteiger charge is -2.04. The summed E-state index contributed by atoms with van der Waals surface area (Å²) in [6.07, 6.45) is 3.23. The van der Waals surface area contributed by atoms with E-state index in [0.29, 0.717) is 17.1 Å². The molecule has 118 valence electrons. The first-order chi connectivity index (χ1) is 11.0. The number of rotatable bonds is 4. The molecule has 0 aliphatic heterocycles. The van der Waals surface area contributed by atoms with Crippen molar-refractivity contribution in [2.75, 3.05) is 0 Å². The Labute approximate surface area is 138 Å². The van der Waals surface area contributed by atoms with Crippen LogP contribution in [0.4, 0.5) is 0 Å². The molecule has 2 aromatic heterocycles. The van der Waals surface area contributed by atoms with Gasteiger partial charge in [-0.1, -0.05) is 11.6 Å². The average Bonchev–Trinajstić information content (AvgIpc) is 3.12. The van der Waals surface area contributed by atoms with E-state index >= 15 is 0 Å². The van der Waals surface area contributed by atoms with Crippen LogP contribution in [0, 0.1) is 6.92 Å². The normalized spacial score (nSPS) is 10.7. The second-order valence-corrected chi connectivity index (χ2v) is 5.67. The molecule has 0 radical (unpaired) electrons. The molecular weight excluding hydrogens is 314 g/mol. The molecule has 0 saturated carbocycles. The van der Waals surface area contributed by atoms with Gasteiger partial charge in [-0.15, -0.1) is 0 Å². The Morgan fingerprint density at radius 3 is 2.70 bits per heavy atom. The van der Waals surface area contributed by atoms with Gasteiger partial charge in [0.25, 0.3) is 5.91 Å². The Bertz CT molecular complexity index is 835. The Morgan fingerprint density at radius 1 is 1.30 bits per heavy atom. The Morgan fingerprint density at radius 2 is 2.04 bits per heavy atom. The SMILES string of the molecule is Cc1cc(CNC(=O)c2cnn(-c3ccc(Cl)cc3)c2)n(C)n1. The predicted octanol–water partition coefficient (Wildman–Crippen LogP) is 2.50. The Hall–Kier alpha value is -2.60. The van der Waals surface area contributed by atoms with Crippen molar-refractivity contribution in [1.82, 2.24) is 24.9 Å². The number of nitrogens with zero attached hydrogens (tertiary/aromatic N) is 4. The summed E-state index contributed by atoms with van der Waals surface area (Å²) < 4.78 is 3.40. The van der Waals surface area contributed by atoms with Crippen molar-refractivity contribution in [3.8, 4) is 5.69 Å². The molecule has 0 fully saturated rings. The smallest absolute Gasteiger partial charge is 0.254 e. The van der Waals surface area contributed by atoms with Gasteiger partial charge in [0, 0.05) is 18.3 Å². The number of aryl methyl sites for hydroxylation is 2. The standard InChI is InChI=1S/C16H16ClN5O/c1-11-7-15(21(2)20-11)9-18-16(23)12-8-19-22(10-12)14-5-3-13(17)4-6-14/h3-8,10H,9H2,1-2H3,(H,18,23). The van der Waals surface area contributed by atoms with Crippen LogP contribution in [0.2, 0.25) is 5.02 Å². The van der Waals surface area contributed by atoms with Gasteiger partial charge in [0.2, 0.25) is 0 Å². The van der Waals surface area contributed by atoms with Gasteiger partial charge >= 0.3 is 0 Å². The lowest BCUT2D eigenvalue weighted by Crippen LogP contribution is -2.23. The van der Waals surface area contributed by atoms with Crippen LogP contribution in [0.1, 0.15) is 21.7 Å². The molecule has 6 nitrogen and oxygen atoms in total. The number of halogens is 1. The molecule has 7 heteroatoms. The minimum absolute atomic E-state index is 0.177. The van der Waals surface area contributed by atoms with Gasteiger partial charge in [-0.05, 0) is 37.3 Å². The van der Waals surface area contributed by atoms with Crippen molar-refractivity contribution in [1.29, 1.82) is 0 Å². The van der Waals surface area contributed by atoms with Crippen molar-refractivity contribution in [3.63, 3.8) is 0 Å². The highest BCUT2D eigenvalue weighted by atomic mass is 35.5. The summed E-state index contributed by atoms with van der Waals surface area (Å²) in [6.45, 7) is 2.34. The van der Waals surface area contributed by atoms with E-state index in [1.165, 1.54) is 0 Å². The quantitative estimate of drug-likeness (QED) is 0.799. The van der Waals surface area contributed by atoms with E-state index in [2.05, 4.69) is 15.5 Å². The molecule has 0 aliphatic rings. The molecule has 3 aromatic rings. The Kier molecular flexibility index (Phi) is 4.16. The van der Waals surface area contributed by atoms with Gasteiger partial charge in [-0.3, -0.25) is 9.48 Å². The topological polar surface area (TPSA) is 64.7 Å². The van der Waals surface area contributed by atoms with Crippen LogP contribution in [0.15, 0.2) is 42.7 Å². The maximum atomic E-state index is 12.2. The summed E-state index contributed by atoms with van der Waals surface area (Å²) in [6, 6.07) is 9.19.